The summed E-state index contributed by atoms with van der Waals surface area (Å²) in [6.07, 6.45) is -2.79. The third-order valence-electron chi connectivity index (χ3n) is 4.56. The molecule has 0 unspecified atom stereocenters. The minimum Gasteiger partial charge on any atom is -0.355 e. The van der Waals surface area contributed by atoms with Crippen LogP contribution in [0.5, 0.6) is 0 Å². The normalized spacial score (nSPS) is 15.7. The average molecular weight is 363 g/mol. The van der Waals surface area contributed by atoms with Crippen molar-refractivity contribution in [1.82, 2.24) is 9.88 Å². The maximum atomic E-state index is 12.7. The first-order chi connectivity index (χ1) is 12.4. The zero-order valence-corrected chi connectivity index (χ0v) is 14.5. The predicted octanol–water partition coefficient (Wildman–Crippen LogP) is 3.76. The molecule has 2 aromatic rings. The van der Waals surface area contributed by atoms with Gasteiger partial charge < -0.3 is 9.80 Å². The average Bonchev–Trinajstić information content (AvgIpc) is 2.87. The van der Waals surface area contributed by atoms with Gasteiger partial charge in [-0.05, 0) is 37.1 Å². The van der Waals surface area contributed by atoms with Crippen LogP contribution in [0.3, 0.4) is 0 Å². The van der Waals surface area contributed by atoms with E-state index in [9.17, 15) is 18.0 Å². The largest absolute Gasteiger partial charge is 0.417 e. The number of amides is 1. The molecule has 26 heavy (non-hydrogen) atoms. The Balaban J connectivity index is 1.68. The highest BCUT2D eigenvalue weighted by Gasteiger charge is 2.31. The van der Waals surface area contributed by atoms with E-state index in [0.717, 1.165) is 24.2 Å². The third-order valence-corrected chi connectivity index (χ3v) is 4.56. The molecule has 0 atom stereocenters. The molecule has 2 heterocycles. The van der Waals surface area contributed by atoms with Gasteiger partial charge in [-0.25, -0.2) is 4.98 Å². The number of rotatable bonds is 2. The molecule has 7 heteroatoms. The summed E-state index contributed by atoms with van der Waals surface area (Å²) in [6.45, 7) is 4.22. The number of pyridine rings is 1. The molecule has 0 aliphatic carbocycles. The highest BCUT2D eigenvalue weighted by molar-refractivity contribution is 5.95. The number of aryl methyl sites for hydroxylation is 1. The maximum absolute atomic E-state index is 12.7. The SMILES string of the molecule is Cc1ccccc1C(=O)N1CCCN(c2ccc(C(F)(F)F)cn2)CC1. The number of nitrogens with zero attached hydrogens (tertiary/aromatic N) is 3. The summed E-state index contributed by atoms with van der Waals surface area (Å²) in [5.74, 6) is 0.494. The Bertz CT molecular complexity index is 774. The number of carbonyl (C=O) groups is 1. The number of anilines is 1. The standard InChI is InChI=1S/C19H20F3N3O/c1-14-5-2-3-6-16(14)18(26)25-10-4-9-24(11-12-25)17-8-7-15(13-23-17)19(20,21)22/h2-3,5-8,13H,4,9-12H2,1H3. The van der Waals surface area contributed by atoms with E-state index in [1.165, 1.54) is 6.07 Å². The summed E-state index contributed by atoms with van der Waals surface area (Å²) < 4.78 is 38.0. The van der Waals surface area contributed by atoms with Crippen molar-refractivity contribution in [2.45, 2.75) is 19.5 Å². The van der Waals surface area contributed by atoms with E-state index < -0.39 is 11.7 Å². The molecule has 0 bridgehead atoms. The topological polar surface area (TPSA) is 36.4 Å². The number of aromatic nitrogens is 1. The van der Waals surface area contributed by atoms with E-state index in [4.69, 9.17) is 0 Å². The predicted molar refractivity (Wildman–Crippen MR) is 93.2 cm³/mol. The second-order valence-corrected chi connectivity index (χ2v) is 6.35. The molecule has 0 radical (unpaired) electrons. The summed E-state index contributed by atoms with van der Waals surface area (Å²) in [4.78, 5) is 20.4. The Morgan fingerprint density at radius 2 is 1.81 bits per heavy atom. The minimum absolute atomic E-state index is 0.00896. The smallest absolute Gasteiger partial charge is 0.355 e. The van der Waals surface area contributed by atoms with Crippen molar-refractivity contribution in [2.24, 2.45) is 0 Å². The van der Waals surface area contributed by atoms with Gasteiger partial charge in [0.25, 0.3) is 5.91 Å². The summed E-state index contributed by atoms with van der Waals surface area (Å²) in [6, 6.07) is 9.90. The minimum atomic E-state index is -4.39. The molecule has 0 spiro atoms. The number of benzene rings is 1. The van der Waals surface area contributed by atoms with Gasteiger partial charge in [0.15, 0.2) is 0 Å². The van der Waals surface area contributed by atoms with Crippen LogP contribution in [-0.4, -0.2) is 42.0 Å². The van der Waals surface area contributed by atoms with E-state index in [-0.39, 0.29) is 5.91 Å². The van der Waals surface area contributed by atoms with Gasteiger partial charge in [0.2, 0.25) is 0 Å². The third kappa shape index (κ3) is 3.98. The monoisotopic (exact) mass is 363 g/mol. The molecule has 1 fully saturated rings. The molecular formula is C19H20F3N3O. The van der Waals surface area contributed by atoms with Gasteiger partial charge in [0.05, 0.1) is 5.56 Å². The first kappa shape index (κ1) is 18.2. The molecule has 138 valence electrons. The van der Waals surface area contributed by atoms with E-state index in [0.29, 0.717) is 37.6 Å². The lowest BCUT2D eigenvalue weighted by Crippen LogP contribution is -2.35. The van der Waals surface area contributed by atoms with Gasteiger partial charge in [0.1, 0.15) is 5.82 Å². The van der Waals surface area contributed by atoms with Crippen LogP contribution in [0.2, 0.25) is 0 Å². The van der Waals surface area contributed by atoms with Crippen molar-refractivity contribution in [1.29, 1.82) is 0 Å². The highest BCUT2D eigenvalue weighted by Crippen LogP contribution is 2.29. The molecule has 1 amide bonds. The first-order valence-electron chi connectivity index (χ1n) is 8.49. The van der Waals surface area contributed by atoms with Gasteiger partial charge in [-0.3, -0.25) is 4.79 Å². The Morgan fingerprint density at radius 3 is 2.46 bits per heavy atom. The fourth-order valence-electron chi connectivity index (χ4n) is 3.07. The first-order valence-corrected chi connectivity index (χ1v) is 8.49. The van der Waals surface area contributed by atoms with Gasteiger partial charge in [-0.15, -0.1) is 0 Å². The van der Waals surface area contributed by atoms with Crippen LogP contribution in [0.1, 0.15) is 27.9 Å². The molecule has 0 saturated carbocycles. The summed E-state index contributed by atoms with van der Waals surface area (Å²) >= 11 is 0. The van der Waals surface area contributed by atoms with Crippen molar-refractivity contribution >= 4 is 11.7 Å². The molecule has 3 rings (SSSR count). The van der Waals surface area contributed by atoms with Crippen LogP contribution in [-0.2, 0) is 6.18 Å². The number of alkyl halides is 3. The van der Waals surface area contributed by atoms with Gasteiger partial charge in [0, 0.05) is 37.9 Å². The van der Waals surface area contributed by atoms with Crippen LogP contribution >= 0.6 is 0 Å². The van der Waals surface area contributed by atoms with Gasteiger partial charge in [-0.2, -0.15) is 13.2 Å². The van der Waals surface area contributed by atoms with Crippen molar-refractivity contribution in [3.05, 3.63) is 59.3 Å². The number of carbonyl (C=O) groups excluding carboxylic acids is 1. The lowest BCUT2D eigenvalue weighted by Gasteiger charge is -2.23. The Morgan fingerprint density at radius 1 is 1.04 bits per heavy atom. The summed E-state index contributed by atoms with van der Waals surface area (Å²) in [7, 11) is 0. The summed E-state index contributed by atoms with van der Waals surface area (Å²) in [5.41, 5.74) is 0.865. The highest BCUT2D eigenvalue weighted by atomic mass is 19.4. The van der Waals surface area contributed by atoms with Crippen LogP contribution in [0.15, 0.2) is 42.6 Å². The second kappa shape index (κ2) is 7.35. The molecule has 1 aromatic carbocycles. The fourth-order valence-corrected chi connectivity index (χ4v) is 3.07. The van der Waals surface area contributed by atoms with Crippen LogP contribution < -0.4 is 4.90 Å². The van der Waals surface area contributed by atoms with E-state index in [1.54, 1.807) is 4.90 Å². The van der Waals surface area contributed by atoms with Crippen LogP contribution in [0.25, 0.3) is 0 Å². The molecule has 4 nitrogen and oxygen atoms in total. The Labute approximate surface area is 150 Å². The molecule has 0 N–H and O–H groups in total. The van der Waals surface area contributed by atoms with Crippen molar-refractivity contribution in [3.63, 3.8) is 0 Å². The number of halogens is 3. The van der Waals surface area contributed by atoms with Crippen molar-refractivity contribution < 1.29 is 18.0 Å². The zero-order chi connectivity index (χ0) is 18.7. The van der Waals surface area contributed by atoms with Gasteiger partial charge >= 0.3 is 6.18 Å². The van der Waals surface area contributed by atoms with Crippen molar-refractivity contribution in [3.8, 4) is 0 Å². The van der Waals surface area contributed by atoms with E-state index in [1.807, 2.05) is 36.1 Å². The zero-order valence-electron chi connectivity index (χ0n) is 14.5. The Hall–Kier alpha value is -2.57. The molecule has 1 aliphatic heterocycles. The lowest BCUT2D eigenvalue weighted by molar-refractivity contribution is -0.137. The quantitative estimate of drug-likeness (QED) is 0.815. The fraction of sp³-hybridized carbons (Fsp3) is 0.368. The maximum Gasteiger partial charge on any atom is 0.417 e. The molecule has 1 aromatic heterocycles. The second-order valence-electron chi connectivity index (χ2n) is 6.35. The van der Waals surface area contributed by atoms with Crippen LogP contribution in [0.4, 0.5) is 19.0 Å². The number of hydrogen-bond acceptors (Lipinski definition) is 3. The van der Waals surface area contributed by atoms with Gasteiger partial charge in [-0.1, -0.05) is 18.2 Å². The van der Waals surface area contributed by atoms with Crippen LogP contribution in [0, 0.1) is 6.92 Å². The lowest BCUT2D eigenvalue weighted by atomic mass is 10.1. The Kier molecular flexibility index (Phi) is 5.15. The van der Waals surface area contributed by atoms with E-state index >= 15 is 0 Å². The van der Waals surface area contributed by atoms with E-state index in [2.05, 4.69) is 4.98 Å². The number of hydrogen-bond donors (Lipinski definition) is 0. The van der Waals surface area contributed by atoms with Crippen molar-refractivity contribution in [2.75, 3.05) is 31.1 Å². The summed E-state index contributed by atoms with van der Waals surface area (Å²) in [5, 5.41) is 0. The molecule has 1 saturated heterocycles. The molecular weight excluding hydrogens is 343 g/mol. The molecule has 1 aliphatic rings.